The van der Waals surface area contributed by atoms with Crippen LogP contribution >= 0.6 is 0 Å². The van der Waals surface area contributed by atoms with Gasteiger partial charge in [-0.3, -0.25) is 10.1 Å². The lowest BCUT2D eigenvalue weighted by molar-refractivity contribution is -0.385. The summed E-state index contributed by atoms with van der Waals surface area (Å²) in [5.41, 5.74) is -0.860. The molecule has 26 heavy (non-hydrogen) atoms. The van der Waals surface area contributed by atoms with Crippen molar-refractivity contribution >= 4 is 11.8 Å². The van der Waals surface area contributed by atoms with Crippen LogP contribution < -0.4 is 4.74 Å². The fourth-order valence-electron chi connectivity index (χ4n) is 3.71. The molecular weight excluding hydrogens is 343 g/mol. The Bertz CT molecular complexity index is 704. The highest BCUT2D eigenvalue weighted by Crippen LogP contribution is 2.38. The normalized spacial score (nSPS) is 25.1. The molecule has 0 spiro atoms. The molecule has 0 N–H and O–H groups in total. The Morgan fingerprint density at radius 1 is 1.27 bits per heavy atom. The Hall–Kier alpha value is -2.38. The van der Waals surface area contributed by atoms with E-state index in [4.69, 9.17) is 9.47 Å². The number of hydrogen-bond donors (Lipinski definition) is 0. The van der Waals surface area contributed by atoms with E-state index in [9.17, 15) is 19.3 Å². The van der Waals surface area contributed by atoms with Crippen molar-refractivity contribution in [3.63, 3.8) is 0 Å². The van der Waals surface area contributed by atoms with Crippen molar-refractivity contribution < 1.29 is 23.6 Å². The third-order valence-electron chi connectivity index (χ3n) is 4.71. The molecule has 1 aromatic rings. The predicted molar refractivity (Wildman–Crippen MR) is 91.6 cm³/mol. The maximum absolute atomic E-state index is 14.1. The van der Waals surface area contributed by atoms with Gasteiger partial charge >= 0.3 is 6.09 Å². The van der Waals surface area contributed by atoms with Gasteiger partial charge < -0.3 is 14.4 Å². The molecule has 7 nitrogen and oxygen atoms in total. The zero-order valence-electron chi connectivity index (χ0n) is 15.1. The van der Waals surface area contributed by atoms with Crippen LogP contribution in [0.5, 0.6) is 5.75 Å². The van der Waals surface area contributed by atoms with Crippen LogP contribution in [-0.2, 0) is 4.74 Å². The van der Waals surface area contributed by atoms with Crippen LogP contribution in [0.2, 0.25) is 0 Å². The molecule has 0 aliphatic carbocycles. The molecule has 3 atom stereocenters. The number of nitro benzene ring substituents is 1. The van der Waals surface area contributed by atoms with E-state index in [0.717, 1.165) is 18.9 Å². The number of halogens is 1. The van der Waals surface area contributed by atoms with E-state index in [-0.39, 0.29) is 35.7 Å². The summed E-state index contributed by atoms with van der Waals surface area (Å²) in [6, 6.07) is 3.39. The molecule has 3 rings (SSSR count). The third kappa shape index (κ3) is 3.89. The van der Waals surface area contributed by atoms with Gasteiger partial charge in [-0.2, -0.15) is 0 Å². The van der Waals surface area contributed by atoms with Crippen molar-refractivity contribution in [3.05, 3.63) is 34.1 Å². The van der Waals surface area contributed by atoms with Crippen LogP contribution in [0.25, 0.3) is 0 Å². The molecule has 0 saturated carbocycles. The van der Waals surface area contributed by atoms with Gasteiger partial charge in [-0.25, -0.2) is 9.18 Å². The highest BCUT2D eigenvalue weighted by molar-refractivity contribution is 5.69. The van der Waals surface area contributed by atoms with Crippen molar-refractivity contribution in [2.24, 2.45) is 0 Å². The Morgan fingerprint density at radius 2 is 1.88 bits per heavy atom. The van der Waals surface area contributed by atoms with Crippen LogP contribution in [0.4, 0.5) is 14.9 Å². The fraction of sp³-hybridized carbons (Fsp3) is 0.611. The number of nitro groups is 1. The van der Waals surface area contributed by atoms with Crippen molar-refractivity contribution in [3.8, 4) is 5.75 Å². The lowest BCUT2D eigenvalue weighted by Gasteiger charge is -2.39. The molecule has 2 fully saturated rings. The van der Waals surface area contributed by atoms with E-state index in [1.165, 1.54) is 12.1 Å². The number of carbonyl (C=O) groups is 1. The van der Waals surface area contributed by atoms with Gasteiger partial charge in [0, 0.05) is 31.0 Å². The monoisotopic (exact) mass is 366 g/mol. The van der Waals surface area contributed by atoms with Crippen molar-refractivity contribution in [2.45, 2.75) is 70.2 Å². The van der Waals surface area contributed by atoms with E-state index < -0.39 is 16.3 Å². The SMILES string of the molecule is CC(C)(C)OC(=O)N1[C@@H]2CC[C@H]1C[C@H](Oc1ccc([N+](=O)[O-])cc1F)C2. The summed E-state index contributed by atoms with van der Waals surface area (Å²) in [4.78, 5) is 24.3. The molecule has 0 aromatic heterocycles. The number of fused-ring (bicyclic) bond motifs is 2. The number of non-ortho nitro benzene ring substituents is 1. The summed E-state index contributed by atoms with van der Waals surface area (Å²) < 4.78 is 25.3. The number of hydrogen-bond acceptors (Lipinski definition) is 5. The maximum Gasteiger partial charge on any atom is 0.410 e. The number of benzene rings is 1. The van der Waals surface area contributed by atoms with E-state index >= 15 is 0 Å². The van der Waals surface area contributed by atoms with Crippen LogP contribution in [0.1, 0.15) is 46.5 Å². The van der Waals surface area contributed by atoms with E-state index in [1.54, 1.807) is 4.90 Å². The predicted octanol–water partition coefficient (Wildman–Crippen LogP) is 4.04. The smallest absolute Gasteiger partial charge is 0.410 e. The van der Waals surface area contributed by atoms with Gasteiger partial charge in [0.1, 0.15) is 11.7 Å². The second-order valence-electron chi connectivity index (χ2n) is 7.86. The summed E-state index contributed by atoms with van der Waals surface area (Å²) >= 11 is 0. The van der Waals surface area contributed by atoms with Gasteiger partial charge in [0.25, 0.3) is 5.69 Å². The highest BCUT2D eigenvalue weighted by Gasteiger charge is 2.45. The first-order valence-corrected chi connectivity index (χ1v) is 8.76. The van der Waals surface area contributed by atoms with E-state index in [2.05, 4.69) is 0 Å². The molecule has 2 saturated heterocycles. The van der Waals surface area contributed by atoms with Crippen LogP contribution in [0, 0.1) is 15.9 Å². The molecule has 142 valence electrons. The van der Waals surface area contributed by atoms with Crippen LogP contribution in [0.15, 0.2) is 18.2 Å². The molecule has 2 heterocycles. The number of ether oxygens (including phenoxy) is 2. The Morgan fingerprint density at radius 3 is 2.38 bits per heavy atom. The minimum Gasteiger partial charge on any atom is -0.487 e. The molecule has 0 radical (unpaired) electrons. The lowest BCUT2D eigenvalue weighted by atomic mass is 10.00. The van der Waals surface area contributed by atoms with Gasteiger partial charge in [-0.1, -0.05) is 0 Å². The van der Waals surface area contributed by atoms with Gasteiger partial charge in [-0.05, 0) is 39.7 Å². The number of piperidine rings is 1. The average molecular weight is 366 g/mol. The topological polar surface area (TPSA) is 81.9 Å². The Labute approximate surface area is 151 Å². The van der Waals surface area contributed by atoms with Gasteiger partial charge in [-0.15, -0.1) is 0 Å². The molecule has 1 aromatic carbocycles. The van der Waals surface area contributed by atoms with Gasteiger partial charge in [0.05, 0.1) is 11.0 Å². The maximum atomic E-state index is 14.1. The molecule has 1 amide bonds. The Kier molecular flexibility index (Phi) is 4.77. The van der Waals surface area contributed by atoms with Crippen molar-refractivity contribution in [2.75, 3.05) is 0 Å². The molecule has 2 bridgehead atoms. The van der Waals surface area contributed by atoms with E-state index in [1.807, 2.05) is 20.8 Å². The Balaban J connectivity index is 1.66. The van der Waals surface area contributed by atoms with Gasteiger partial charge in [0.2, 0.25) is 0 Å². The first kappa shape index (κ1) is 18.4. The minimum absolute atomic E-state index is 0.00529. The number of carbonyl (C=O) groups excluding carboxylic acids is 1. The summed E-state index contributed by atoms with van der Waals surface area (Å²) in [6.45, 7) is 5.50. The zero-order valence-corrected chi connectivity index (χ0v) is 15.1. The van der Waals surface area contributed by atoms with Crippen LogP contribution in [0.3, 0.4) is 0 Å². The standard InChI is InChI=1S/C18H23FN2O5/c1-18(2,3)26-17(22)20-11-4-5-12(20)9-14(8-11)25-16-7-6-13(21(23)24)10-15(16)19/h6-7,10-12,14H,4-5,8-9H2,1-3H3/t11-,12+,14-. The fourth-order valence-corrected chi connectivity index (χ4v) is 3.71. The average Bonchev–Trinajstić information content (AvgIpc) is 2.79. The molecule has 0 unspecified atom stereocenters. The van der Waals surface area contributed by atoms with Gasteiger partial charge in [0.15, 0.2) is 11.6 Å². The second-order valence-corrected chi connectivity index (χ2v) is 7.86. The summed E-state index contributed by atoms with van der Waals surface area (Å²) in [5, 5.41) is 10.7. The lowest BCUT2D eigenvalue weighted by Crippen LogP contribution is -2.50. The zero-order chi connectivity index (χ0) is 19.1. The highest BCUT2D eigenvalue weighted by atomic mass is 19.1. The quantitative estimate of drug-likeness (QED) is 0.595. The number of rotatable bonds is 3. The first-order chi connectivity index (χ1) is 12.1. The van der Waals surface area contributed by atoms with Crippen molar-refractivity contribution in [1.82, 2.24) is 4.90 Å². The molecule has 2 aliphatic heterocycles. The summed E-state index contributed by atoms with van der Waals surface area (Å²) in [7, 11) is 0. The first-order valence-electron chi connectivity index (χ1n) is 8.76. The minimum atomic E-state index is -0.749. The van der Waals surface area contributed by atoms with E-state index in [0.29, 0.717) is 12.8 Å². The molecule has 8 heteroatoms. The molecule has 2 aliphatic rings. The van der Waals surface area contributed by atoms with Crippen LogP contribution in [-0.4, -0.2) is 39.7 Å². The van der Waals surface area contributed by atoms with Crippen molar-refractivity contribution in [1.29, 1.82) is 0 Å². The molecular formula is C18H23FN2O5. The number of nitrogens with zero attached hydrogens (tertiary/aromatic N) is 2. The summed E-state index contributed by atoms with van der Waals surface area (Å²) in [5.74, 6) is -0.744. The second kappa shape index (κ2) is 6.74. The summed E-state index contributed by atoms with van der Waals surface area (Å²) in [6.07, 6.45) is 2.37. The third-order valence-corrected chi connectivity index (χ3v) is 4.71. The number of amides is 1. The largest absolute Gasteiger partial charge is 0.487 e.